The lowest BCUT2D eigenvalue weighted by molar-refractivity contribution is 0.0199. The van der Waals surface area contributed by atoms with Crippen LogP contribution in [0.15, 0.2) is 53.6 Å². The van der Waals surface area contributed by atoms with Crippen molar-refractivity contribution in [3.8, 4) is 11.6 Å². The molecule has 2 aliphatic heterocycles. The topological polar surface area (TPSA) is 39.9 Å². The van der Waals surface area contributed by atoms with E-state index in [1.54, 1.807) is 0 Å². The van der Waals surface area contributed by atoms with Gasteiger partial charge in [0.15, 0.2) is 0 Å². The van der Waals surface area contributed by atoms with Crippen molar-refractivity contribution in [2.24, 2.45) is 5.92 Å². The van der Waals surface area contributed by atoms with E-state index >= 15 is 0 Å². The van der Waals surface area contributed by atoms with Gasteiger partial charge in [-0.05, 0) is 63.9 Å². The SMILES string of the molecule is Cc1ccc(-n2nc(C)c3c2OC(C)(C)[C@H]2CSc4nc5c(C)cccc5cc4[C@@H]32)cc1. The summed E-state index contributed by atoms with van der Waals surface area (Å²) in [6.07, 6.45) is 0. The second-order valence-corrected chi connectivity index (χ2v) is 10.7. The van der Waals surface area contributed by atoms with E-state index in [1.165, 1.54) is 27.6 Å². The Morgan fingerprint density at radius 3 is 2.62 bits per heavy atom. The highest BCUT2D eigenvalue weighted by atomic mass is 32.2. The molecule has 0 fully saturated rings. The van der Waals surface area contributed by atoms with Crippen LogP contribution < -0.4 is 4.74 Å². The number of aromatic nitrogens is 3. The van der Waals surface area contributed by atoms with Gasteiger partial charge in [0.1, 0.15) is 10.6 Å². The molecule has 2 aromatic heterocycles. The molecule has 4 nitrogen and oxygen atoms in total. The molecule has 0 saturated carbocycles. The van der Waals surface area contributed by atoms with E-state index in [0.29, 0.717) is 5.92 Å². The van der Waals surface area contributed by atoms with Crippen LogP contribution in [0.2, 0.25) is 0 Å². The normalized spacial score (nSPS) is 20.9. The quantitative estimate of drug-likeness (QED) is 0.344. The third kappa shape index (κ3) is 2.83. The average Bonchev–Trinajstić information content (AvgIpc) is 3.08. The number of hydrogen-bond donors (Lipinski definition) is 0. The molecule has 2 atom stereocenters. The Hall–Kier alpha value is -2.79. The molecule has 32 heavy (non-hydrogen) atoms. The minimum absolute atomic E-state index is 0.224. The van der Waals surface area contributed by atoms with E-state index in [0.717, 1.165) is 33.6 Å². The Morgan fingerprint density at radius 2 is 1.84 bits per heavy atom. The first kappa shape index (κ1) is 19.9. The number of rotatable bonds is 1. The predicted molar refractivity (Wildman–Crippen MR) is 130 cm³/mol. The van der Waals surface area contributed by atoms with Crippen LogP contribution >= 0.6 is 11.8 Å². The molecule has 0 radical (unpaired) electrons. The standard InChI is InChI=1S/C27H27N3OS/c1-15-9-11-19(12-10-15)30-26-22(17(3)29-30)23-20-13-18-8-6-7-16(2)24(18)28-25(20)32-14-21(23)27(4,5)31-26/h6-13,21,23H,14H2,1-5H3/t21-,23+/m0/s1. The first-order valence-corrected chi connectivity index (χ1v) is 12.2. The van der Waals surface area contributed by atoms with E-state index in [4.69, 9.17) is 14.8 Å². The van der Waals surface area contributed by atoms with Crippen molar-refractivity contribution in [3.63, 3.8) is 0 Å². The average molecular weight is 442 g/mol. The van der Waals surface area contributed by atoms with Crippen LogP contribution in [0, 0.1) is 26.7 Å². The molecule has 0 saturated heterocycles. The lowest BCUT2D eigenvalue weighted by Crippen LogP contribution is -2.47. The molecule has 0 bridgehead atoms. The van der Waals surface area contributed by atoms with Crippen LogP contribution in [0.4, 0.5) is 0 Å². The molecule has 0 aliphatic carbocycles. The number of aryl methyl sites for hydroxylation is 3. The molecule has 4 heterocycles. The van der Waals surface area contributed by atoms with Crippen molar-refractivity contribution < 1.29 is 4.74 Å². The zero-order chi connectivity index (χ0) is 22.2. The Labute approximate surface area is 193 Å². The van der Waals surface area contributed by atoms with Crippen LogP contribution in [0.5, 0.6) is 5.88 Å². The third-order valence-corrected chi connectivity index (χ3v) is 8.21. The number of thioether (sulfide) groups is 1. The van der Waals surface area contributed by atoms with Gasteiger partial charge in [-0.1, -0.05) is 35.9 Å². The first-order valence-electron chi connectivity index (χ1n) is 11.2. The van der Waals surface area contributed by atoms with Gasteiger partial charge in [0.25, 0.3) is 0 Å². The van der Waals surface area contributed by atoms with Crippen LogP contribution in [0.25, 0.3) is 16.6 Å². The lowest BCUT2D eigenvalue weighted by atomic mass is 9.72. The van der Waals surface area contributed by atoms with Gasteiger partial charge in [0.2, 0.25) is 5.88 Å². The van der Waals surface area contributed by atoms with Crippen molar-refractivity contribution in [2.75, 3.05) is 5.75 Å². The number of para-hydroxylation sites is 1. The van der Waals surface area contributed by atoms with Crippen molar-refractivity contribution in [1.29, 1.82) is 0 Å². The monoisotopic (exact) mass is 441 g/mol. The lowest BCUT2D eigenvalue weighted by Gasteiger charge is -2.46. The Morgan fingerprint density at radius 1 is 1.06 bits per heavy atom. The Balaban J connectivity index is 1.60. The maximum Gasteiger partial charge on any atom is 0.221 e. The maximum absolute atomic E-state index is 6.71. The summed E-state index contributed by atoms with van der Waals surface area (Å²) in [5.41, 5.74) is 7.86. The summed E-state index contributed by atoms with van der Waals surface area (Å²) in [5, 5.41) is 7.32. The summed E-state index contributed by atoms with van der Waals surface area (Å²) in [4.78, 5) is 5.13. The maximum atomic E-state index is 6.71. The molecule has 0 spiro atoms. The molecule has 5 heteroatoms. The van der Waals surface area contributed by atoms with E-state index in [2.05, 4.69) is 83.1 Å². The van der Waals surface area contributed by atoms with Crippen LogP contribution in [-0.2, 0) is 0 Å². The molecule has 0 unspecified atom stereocenters. The highest BCUT2D eigenvalue weighted by molar-refractivity contribution is 7.99. The fraction of sp³-hybridized carbons (Fsp3) is 0.333. The number of hydrogen-bond acceptors (Lipinski definition) is 4. The van der Waals surface area contributed by atoms with Gasteiger partial charge in [0, 0.05) is 28.5 Å². The fourth-order valence-electron chi connectivity index (χ4n) is 5.29. The number of benzene rings is 2. The predicted octanol–water partition coefficient (Wildman–Crippen LogP) is 6.37. The van der Waals surface area contributed by atoms with Crippen molar-refractivity contribution in [3.05, 3.63) is 76.5 Å². The minimum atomic E-state index is -0.307. The second kappa shape index (κ2) is 6.85. The summed E-state index contributed by atoms with van der Waals surface area (Å²) in [6.45, 7) is 10.8. The van der Waals surface area contributed by atoms with Crippen molar-refractivity contribution in [2.45, 2.75) is 51.2 Å². The van der Waals surface area contributed by atoms with Gasteiger partial charge in [0.05, 0.1) is 16.9 Å². The number of fused-ring (bicyclic) bond motifs is 6. The van der Waals surface area contributed by atoms with Gasteiger partial charge in [-0.3, -0.25) is 0 Å². The third-order valence-electron chi connectivity index (χ3n) is 7.08. The van der Waals surface area contributed by atoms with Crippen LogP contribution in [0.3, 0.4) is 0 Å². The summed E-state index contributed by atoms with van der Waals surface area (Å²) in [6, 6.07) is 17.3. The van der Waals surface area contributed by atoms with E-state index in [1.807, 2.05) is 16.4 Å². The van der Waals surface area contributed by atoms with E-state index < -0.39 is 0 Å². The molecule has 0 amide bonds. The van der Waals surface area contributed by atoms with E-state index in [-0.39, 0.29) is 11.5 Å². The van der Waals surface area contributed by atoms with Gasteiger partial charge in [-0.2, -0.15) is 5.10 Å². The van der Waals surface area contributed by atoms with Crippen LogP contribution in [0.1, 0.15) is 47.7 Å². The van der Waals surface area contributed by atoms with Gasteiger partial charge in [-0.15, -0.1) is 11.8 Å². The second-order valence-electron chi connectivity index (χ2n) is 9.68. The Kier molecular flexibility index (Phi) is 4.25. The molecule has 2 aliphatic rings. The molecule has 0 N–H and O–H groups in total. The fourth-order valence-corrected chi connectivity index (χ4v) is 6.72. The first-order chi connectivity index (χ1) is 15.3. The smallest absolute Gasteiger partial charge is 0.221 e. The van der Waals surface area contributed by atoms with E-state index in [9.17, 15) is 0 Å². The summed E-state index contributed by atoms with van der Waals surface area (Å²) in [7, 11) is 0. The minimum Gasteiger partial charge on any atom is -0.471 e. The Bertz CT molecular complexity index is 1370. The molecule has 2 aromatic carbocycles. The summed E-state index contributed by atoms with van der Waals surface area (Å²) >= 11 is 1.87. The van der Waals surface area contributed by atoms with Crippen molar-refractivity contribution >= 4 is 22.7 Å². The number of ether oxygens (including phenoxy) is 1. The zero-order valence-corrected chi connectivity index (χ0v) is 20.0. The summed E-state index contributed by atoms with van der Waals surface area (Å²) in [5.74, 6) is 2.44. The highest BCUT2D eigenvalue weighted by Crippen LogP contribution is 2.55. The molecular weight excluding hydrogens is 414 g/mol. The number of pyridine rings is 1. The van der Waals surface area contributed by atoms with Gasteiger partial charge < -0.3 is 4.74 Å². The molecule has 162 valence electrons. The molecule has 6 rings (SSSR count). The van der Waals surface area contributed by atoms with Crippen molar-refractivity contribution in [1.82, 2.24) is 14.8 Å². The largest absolute Gasteiger partial charge is 0.471 e. The number of nitrogens with zero attached hydrogens (tertiary/aromatic N) is 3. The summed E-state index contributed by atoms with van der Waals surface area (Å²) < 4.78 is 8.70. The molecular formula is C27H27N3OS. The zero-order valence-electron chi connectivity index (χ0n) is 19.1. The van der Waals surface area contributed by atoms with Gasteiger partial charge in [-0.25, -0.2) is 9.67 Å². The van der Waals surface area contributed by atoms with Crippen LogP contribution in [-0.4, -0.2) is 26.1 Å². The molecule has 4 aromatic rings. The van der Waals surface area contributed by atoms with Gasteiger partial charge >= 0.3 is 0 Å². The highest BCUT2D eigenvalue weighted by Gasteiger charge is 2.50.